The number of barbiturate groups is 1. The Kier molecular flexibility index (Phi) is 5.68. The Labute approximate surface area is 195 Å². The molecule has 156 valence electrons. The molecule has 4 amide bonds. The average Bonchev–Trinajstić information content (AvgIpc) is 2.99. The summed E-state index contributed by atoms with van der Waals surface area (Å²) in [6.07, 6.45) is 1.53. The van der Waals surface area contributed by atoms with E-state index in [1.165, 1.54) is 6.08 Å². The van der Waals surface area contributed by atoms with E-state index in [2.05, 4.69) is 37.2 Å². The van der Waals surface area contributed by atoms with Crippen LogP contribution in [-0.4, -0.2) is 22.4 Å². The van der Waals surface area contributed by atoms with Crippen LogP contribution in [0, 0.1) is 13.8 Å². The monoisotopic (exact) mass is 541 g/mol. The molecule has 1 aliphatic rings. The molecule has 1 aliphatic heterocycles. The third-order valence-corrected chi connectivity index (χ3v) is 6.04. The smallest absolute Gasteiger partial charge is 0.318 e. The first-order valence-corrected chi connectivity index (χ1v) is 11.0. The average molecular weight is 543 g/mol. The number of benzene rings is 2. The van der Waals surface area contributed by atoms with Crippen LogP contribution in [0.1, 0.15) is 17.0 Å². The Morgan fingerprint density at radius 2 is 1.58 bits per heavy atom. The van der Waals surface area contributed by atoms with Gasteiger partial charge in [0.2, 0.25) is 0 Å². The summed E-state index contributed by atoms with van der Waals surface area (Å²) in [7, 11) is 0. The van der Waals surface area contributed by atoms with Gasteiger partial charge in [-0.1, -0.05) is 37.9 Å². The number of carbonyl (C=O) groups excluding carboxylic acids is 3. The summed E-state index contributed by atoms with van der Waals surface area (Å²) in [6, 6.07) is 15.7. The van der Waals surface area contributed by atoms with Crippen LogP contribution < -0.4 is 10.2 Å². The Bertz CT molecular complexity index is 1260. The summed E-state index contributed by atoms with van der Waals surface area (Å²) in [5.74, 6) is -1.38. The van der Waals surface area contributed by atoms with Gasteiger partial charge >= 0.3 is 6.03 Å². The largest absolute Gasteiger partial charge is 0.335 e. The molecule has 0 atom stereocenters. The maximum Gasteiger partial charge on any atom is 0.335 e. The number of rotatable bonds is 3. The molecule has 1 fully saturated rings. The zero-order chi connectivity index (χ0) is 22.3. The SMILES string of the molecule is Cc1cc(/C=C2\C(=O)NC(=O)N(c3ccc(Br)cc3)C2=O)c(C)n1-c1cccc(Br)c1. The molecule has 8 heteroatoms. The summed E-state index contributed by atoms with van der Waals surface area (Å²) >= 11 is 6.82. The highest BCUT2D eigenvalue weighted by Gasteiger charge is 2.37. The fourth-order valence-corrected chi connectivity index (χ4v) is 4.24. The lowest BCUT2D eigenvalue weighted by Gasteiger charge is -2.26. The van der Waals surface area contributed by atoms with E-state index in [1.54, 1.807) is 24.3 Å². The van der Waals surface area contributed by atoms with E-state index in [1.807, 2.05) is 48.7 Å². The summed E-state index contributed by atoms with van der Waals surface area (Å²) in [4.78, 5) is 38.9. The molecule has 0 unspecified atom stereocenters. The van der Waals surface area contributed by atoms with Crippen molar-refractivity contribution in [3.63, 3.8) is 0 Å². The van der Waals surface area contributed by atoms with Gasteiger partial charge in [-0.2, -0.15) is 0 Å². The van der Waals surface area contributed by atoms with Crippen molar-refractivity contribution >= 4 is 61.5 Å². The summed E-state index contributed by atoms with van der Waals surface area (Å²) in [5, 5.41) is 2.26. The minimum Gasteiger partial charge on any atom is -0.318 e. The van der Waals surface area contributed by atoms with Crippen LogP contribution >= 0.6 is 31.9 Å². The summed E-state index contributed by atoms with van der Waals surface area (Å²) < 4.78 is 3.80. The van der Waals surface area contributed by atoms with Crippen molar-refractivity contribution in [3.05, 3.63) is 86.1 Å². The van der Waals surface area contributed by atoms with Gasteiger partial charge < -0.3 is 4.57 Å². The first-order valence-electron chi connectivity index (χ1n) is 9.38. The van der Waals surface area contributed by atoms with E-state index in [4.69, 9.17) is 0 Å². The Hall–Kier alpha value is -2.97. The van der Waals surface area contributed by atoms with Crippen LogP contribution in [0.2, 0.25) is 0 Å². The van der Waals surface area contributed by atoms with Crippen molar-refractivity contribution in [2.75, 3.05) is 4.90 Å². The maximum absolute atomic E-state index is 13.1. The number of amides is 4. The van der Waals surface area contributed by atoms with Gasteiger partial charge in [-0.15, -0.1) is 0 Å². The Balaban J connectivity index is 1.76. The minimum atomic E-state index is -0.769. The van der Waals surface area contributed by atoms with Crippen LogP contribution in [0.15, 0.2) is 69.1 Å². The molecule has 0 saturated carbocycles. The lowest BCUT2D eigenvalue weighted by Crippen LogP contribution is -2.54. The van der Waals surface area contributed by atoms with Crippen molar-refractivity contribution in [1.82, 2.24) is 9.88 Å². The van der Waals surface area contributed by atoms with E-state index in [-0.39, 0.29) is 5.57 Å². The van der Waals surface area contributed by atoms with Gasteiger partial charge in [0.05, 0.1) is 5.69 Å². The molecule has 2 heterocycles. The number of hydrogen-bond donors (Lipinski definition) is 1. The third kappa shape index (κ3) is 4.00. The van der Waals surface area contributed by atoms with E-state index < -0.39 is 17.8 Å². The number of nitrogens with zero attached hydrogens (tertiary/aromatic N) is 2. The molecular formula is C23H17Br2N3O3. The minimum absolute atomic E-state index is 0.1000. The normalized spacial score (nSPS) is 15.5. The second kappa shape index (κ2) is 8.28. The number of anilines is 1. The molecule has 0 radical (unpaired) electrons. The Morgan fingerprint density at radius 1 is 0.871 bits per heavy atom. The van der Waals surface area contributed by atoms with E-state index in [9.17, 15) is 14.4 Å². The molecule has 1 saturated heterocycles. The van der Waals surface area contributed by atoms with Crippen molar-refractivity contribution in [2.24, 2.45) is 0 Å². The quantitative estimate of drug-likeness (QED) is 0.361. The van der Waals surface area contributed by atoms with E-state index in [0.717, 1.165) is 36.5 Å². The second-order valence-electron chi connectivity index (χ2n) is 7.08. The summed E-state index contributed by atoms with van der Waals surface area (Å²) in [6.45, 7) is 3.87. The fraction of sp³-hybridized carbons (Fsp3) is 0.0870. The van der Waals surface area contributed by atoms with Crippen LogP contribution in [0.25, 0.3) is 11.8 Å². The van der Waals surface area contributed by atoms with Crippen molar-refractivity contribution < 1.29 is 14.4 Å². The number of hydrogen-bond acceptors (Lipinski definition) is 3. The predicted octanol–water partition coefficient (Wildman–Crippen LogP) is 5.29. The number of aryl methyl sites for hydroxylation is 1. The molecule has 0 bridgehead atoms. The molecule has 3 aromatic rings. The fourth-order valence-electron chi connectivity index (χ4n) is 3.58. The predicted molar refractivity (Wildman–Crippen MR) is 126 cm³/mol. The Morgan fingerprint density at radius 3 is 2.26 bits per heavy atom. The van der Waals surface area contributed by atoms with Gasteiger partial charge in [-0.05, 0) is 74.0 Å². The van der Waals surface area contributed by atoms with Gasteiger partial charge in [-0.25, -0.2) is 9.69 Å². The highest BCUT2D eigenvalue weighted by Crippen LogP contribution is 2.27. The zero-order valence-electron chi connectivity index (χ0n) is 16.6. The zero-order valence-corrected chi connectivity index (χ0v) is 19.8. The molecule has 1 N–H and O–H groups in total. The lowest BCUT2D eigenvalue weighted by atomic mass is 10.1. The van der Waals surface area contributed by atoms with Crippen LogP contribution in [-0.2, 0) is 9.59 Å². The molecule has 6 nitrogen and oxygen atoms in total. The van der Waals surface area contributed by atoms with Gasteiger partial charge in [0.1, 0.15) is 5.57 Å². The van der Waals surface area contributed by atoms with Crippen molar-refractivity contribution in [3.8, 4) is 5.69 Å². The molecule has 4 rings (SSSR count). The number of carbonyl (C=O) groups is 3. The first kappa shape index (κ1) is 21.3. The number of imide groups is 2. The van der Waals surface area contributed by atoms with Crippen LogP contribution in [0.5, 0.6) is 0 Å². The third-order valence-electron chi connectivity index (χ3n) is 5.02. The molecule has 2 aromatic carbocycles. The first-order chi connectivity index (χ1) is 14.8. The van der Waals surface area contributed by atoms with E-state index in [0.29, 0.717) is 5.69 Å². The summed E-state index contributed by atoms with van der Waals surface area (Å²) in [5.41, 5.74) is 3.78. The van der Waals surface area contributed by atoms with Crippen LogP contribution in [0.4, 0.5) is 10.5 Å². The topological polar surface area (TPSA) is 71.4 Å². The van der Waals surface area contributed by atoms with Gasteiger partial charge in [0, 0.05) is 26.0 Å². The second-order valence-corrected chi connectivity index (χ2v) is 8.91. The standard InChI is InChI=1S/C23H17Br2N3O3/c1-13-10-15(14(2)27(13)19-5-3-4-17(25)12-19)11-20-21(29)26-23(31)28(22(20)30)18-8-6-16(24)7-9-18/h3-12H,1-2H3,(H,26,29,31)/b20-11+. The van der Waals surface area contributed by atoms with Crippen LogP contribution in [0.3, 0.4) is 0 Å². The highest BCUT2D eigenvalue weighted by molar-refractivity contribution is 9.10. The molecule has 31 heavy (non-hydrogen) atoms. The van der Waals surface area contributed by atoms with Gasteiger partial charge in [-0.3, -0.25) is 14.9 Å². The highest BCUT2D eigenvalue weighted by atomic mass is 79.9. The van der Waals surface area contributed by atoms with E-state index >= 15 is 0 Å². The lowest BCUT2D eigenvalue weighted by molar-refractivity contribution is -0.122. The van der Waals surface area contributed by atoms with Gasteiger partial charge in [0.15, 0.2) is 0 Å². The molecule has 0 aliphatic carbocycles. The molecule has 0 spiro atoms. The van der Waals surface area contributed by atoms with Crippen molar-refractivity contribution in [2.45, 2.75) is 13.8 Å². The molecular weight excluding hydrogens is 526 g/mol. The number of nitrogens with one attached hydrogen (secondary N) is 1. The number of halogens is 2. The van der Waals surface area contributed by atoms with Crippen molar-refractivity contribution in [1.29, 1.82) is 0 Å². The molecule has 1 aromatic heterocycles. The maximum atomic E-state index is 13.1. The number of aromatic nitrogens is 1. The number of urea groups is 1. The van der Waals surface area contributed by atoms with Gasteiger partial charge in [0.25, 0.3) is 11.8 Å².